The van der Waals surface area contributed by atoms with Crippen molar-refractivity contribution in [1.29, 1.82) is 0 Å². The van der Waals surface area contributed by atoms with Crippen LogP contribution in [0.15, 0.2) is 12.1 Å². The number of ether oxygens (including phenoxy) is 2. The lowest BCUT2D eigenvalue weighted by Crippen LogP contribution is -2.00. The number of aromatic nitrogens is 2. The molecule has 1 heterocycles. The summed E-state index contributed by atoms with van der Waals surface area (Å²) in [4.78, 5) is 10.8. The molecule has 7 heteroatoms. The van der Waals surface area contributed by atoms with E-state index < -0.39 is 0 Å². The molecule has 0 radical (unpaired) electrons. The van der Waals surface area contributed by atoms with Gasteiger partial charge in [-0.15, -0.1) is 0 Å². The molecule has 0 aliphatic heterocycles. The van der Waals surface area contributed by atoms with Crippen molar-refractivity contribution < 1.29 is 14.3 Å². The van der Waals surface area contributed by atoms with Gasteiger partial charge in [-0.2, -0.15) is 5.10 Å². The van der Waals surface area contributed by atoms with E-state index in [-0.39, 0.29) is 6.61 Å². The third-order valence-corrected chi connectivity index (χ3v) is 3.77. The van der Waals surface area contributed by atoms with Gasteiger partial charge in [0.05, 0.1) is 17.8 Å². The highest BCUT2D eigenvalue weighted by molar-refractivity contribution is 6.32. The van der Waals surface area contributed by atoms with E-state index in [2.05, 4.69) is 5.10 Å². The number of hydrogen-bond acceptors (Lipinski definition) is 4. The minimum absolute atomic E-state index is 0.203. The van der Waals surface area contributed by atoms with Crippen LogP contribution in [0.5, 0.6) is 11.5 Å². The lowest BCUT2D eigenvalue weighted by Gasteiger charge is -2.13. The van der Waals surface area contributed by atoms with Gasteiger partial charge in [-0.3, -0.25) is 9.48 Å². The predicted molar refractivity (Wildman–Crippen MR) is 80.7 cm³/mol. The second-order valence-electron chi connectivity index (χ2n) is 4.42. The Kier molecular flexibility index (Phi) is 4.75. The quantitative estimate of drug-likeness (QED) is 0.789. The molecule has 0 saturated heterocycles. The number of aldehydes is 1. The average Bonchev–Trinajstić information content (AvgIpc) is 2.70. The van der Waals surface area contributed by atoms with Crippen LogP contribution in [0, 0.1) is 6.92 Å². The van der Waals surface area contributed by atoms with E-state index in [9.17, 15) is 4.79 Å². The zero-order valence-corrected chi connectivity index (χ0v) is 13.3. The Morgan fingerprint density at radius 2 is 2.10 bits per heavy atom. The third kappa shape index (κ3) is 3.14. The molecule has 1 aromatic carbocycles. The molecule has 2 aromatic rings. The Bertz CT molecular complexity index is 683. The number of hydrogen-bond donors (Lipinski definition) is 0. The number of methoxy groups -OCH3 is 1. The normalized spacial score (nSPS) is 10.5. The van der Waals surface area contributed by atoms with E-state index in [0.29, 0.717) is 33.5 Å². The van der Waals surface area contributed by atoms with E-state index in [1.165, 1.54) is 13.2 Å². The lowest BCUT2D eigenvalue weighted by atomic mass is 10.2. The van der Waals surface area contributed by atoms with Crippen molar-refractivity contribution in [1.82, 2.24) is 9.78 Å². The molecule has 0 aliphatic rings. The van der Waals surface area contributed by atoms with E-state index in [4.69, 9.17) is 32.7 Å². The largest absolute Gasteiger partial charge is 0.493 e. The number of carbonyl (C=O) groups is 1. The summed E-state index contributed by atoms with van der Waals surface area (Å²) in [6.45, 7) is 2.05. The molecular weight excluding hydrogens is 315 g/mol. The predicted octanol–water partition coefficient (Wildman–Crippen LogP) is 3.44. The van der Waals surface area contributed by atoms with Crippen LogP contribution < -0.4 is 9.47 Å². The van der Waals surface area contributed by atoms with Crippen LogP contribution in [0.2, 0.25) is 10.2 Å². The van der Waals surface area contributed by atoms with Crippen molar-refractivity contribution in [2.24, 2.45) is 7.05 Å². The Labute approximate surface area is 132 Å². The highest BCUT2D eigenvalue weighted by Gasteiger charge is 2.16. The van der Waals surface area contributed by atoms with Crippen molar-refractivity contribution >= 4 is 29.5 Å². The Hall–Kier alpha value is -1.72. The van der Waals surface area contributed by atoms with Gasteiger partial charge in [-0.1, -0.05) is 23.2 Å². The molecule has 21 heavy (non-hydrogen) atoms. The molecule has 1 aromatic heterocycles. The minimum atomic E-state index is 0.203. The fraction of sp³-hybridized carbons (Fsp3) is 0.286. The minimum Gasteiger partial charge on any atom is -0.493 e. The second-order valence-corrected chi connectivity index (χ2v) is 5.18. The van der Waals surface area contributed by atoms with Crippen LogP contribution in [0.1, 0.15) is 21.6 Å². The van der Waals surface area contributed by atoms with Gasteiger partial charge in [0.25, 0.3) is 0 Å². The lowest BCUT2D eigenvalue weighted by molar-refractivity contribution is 0.112. The molecule has 2 rings (SSSR count). The van der Waals surface area contributed by atoms with E-state index in [1.807, 2.05) is 6.92 Å². The number of benzene rings is 1. The van der Waals surface area contributed by atoms with Crippen molar-refractivity contribution in [2.75, 3.05) is 7.11 Å². The molecule has 0 unspecified atom stereocenters. The third-order valence-electron chi connectivity index (χ3n) is 3.02. The fourth-order valence-electron chi connectivity index (χ4n) is 1.93. The van der Waals surface area contributed by atoms with E-state index >= 15 is 0 Å². The Morgan fingerprint density at radius 1 is 1.38 bits per heavy atom. The van der Waals surface area contributed by atoms with Crippen LogP contribution in [-0.4, -0.2) is 23.2 Å². The van der Waals surface area contributed by atoms with Crippen molar-refractivity contribution in [2.45, 2.75) is 13.5 Å². The first-order valence-corrected chi connectivity index (χ1v) is 6.87. The van der Waals surface area contributed by atoms with Crippen LogP contribution in [0.25, 0.3) is 0 Å². The summed E-state index contributed by atoms with van der Waals surface area (Å²) in [6, 6.07) is 3.08. The zero-order valence-electron chi connectivity index (χ0n) is 11.8. The maximum atomic E-state index is 10.8. The number of halogens is 2. The van der Waals surface area contributed by atoms with E-state index in [0.717, 1.165) is 11.3 Å². The molecule has 5 nitrogen and oxygen atoms in total. The van der Waals surface area contributed by atoms with Crippen molar-refractivity contribution in [3.63, 3.8) is 0 Å². The molecule has 0 fully saturated rings. The Morgan fingerprint density at radius 3 is 2.62 bits per heavy atom. The Balaban J connectivity index is 2.29. The van der Waals surface area contributed by atoms with Crippen LogP contribution in [-0.2, 0) is 13.7 Å². The summed E-state index contributed by atoms with van der Waals surface area (Å²) in [7, 11) is 3.24. The molecule has 0 amide bonds. The summed E-state index contributed by atoms with van der Waals surface area (Å²) in [6.07, 6.45) is 0.695. The number of carbonyl (C=O) groups excluding carboxylic acids is 1. The van der Waals surface area contributed by atoms with Crippen LogP contribution >= 0.6 is 23.2 Å². The van der Waals surface area contributed by atoms with Gasteiger partial charge in [0, 0.05) is 18.2 Å². The standard InChI is InChI=1S/C14H14Cl2N2O3/c1-8-10(14(16)18(2)17-8)7-21-13-11(15)4-9(6-19)5-12(13)20-3/h4-6H,7H2,1-3H3. The summed E-state index contributed by atoms with van der Waals surface area (Å²) in [5, 5.41) is 5.02. The SMILES string of the molecule is COc1cc(C=O)cc(Cl)c1OCc1c(C)nn(C)c1Cl. The van der Waals surface area contributed by atoms with Gasteiger partial charge < -0.3 is 9.47 Å². The first kappa shape index (κ1) is 15.7. The first-order chi connectivity index (χ1) is 9.97. The highest BCUT2D eigenvalue weighted by Crippen LogP contribution is 2.37. The molecular formula is C14H14Cl2N2O3. The van der Waals surface area contributed by atoms with Gasteiger partial charge in [-0.05, 0) is 19.1 Å². The molecule has 112 valence electrons. The summed E-state index contributed by atoms with van der Waals surface area (Å²) in [5.74, 6) is 0.756. The summed E-state index contributed by atoms with van der Waals surface area (Å²) >= 11 is 12.3. The van der Waals surface area contributed by atoms with E-state index in [1.54, 1.807) is 17.8 Å². The maximum Gasteiger partial charge on any atom is 0.180 e. The fourth-order valence-corrected chi connectivity index (χ4v) is 2.43. The van der Waals surface area contributed by atoms with Gasteiger partial charge in [0.1, 0.15) is 18.0 Å². The maximum absolute atomic E-state index is 10.8. The summed E-state index contributed by atoms with van der Waals surface area (Å²) < 4.78 is 12.5. The van der Waals surface area contributed by atoms with Gasteiger partial charge >= 0.3 is 0 Å². The molecule has 0 N–H and O–H groups in total. The molecule has 0 bridgehead atoms. The smallest absolute Gasteiger partial charge is 0.180 e. The van der Waals surface area contributed by atoms with Crippen LogP contribution in [0.4, 0.5) is 0 Å². The molecule has 0 saturated carbocycles. The molecule has 0 atom stereocenters. The van der Waals surface area contributed by atoms with Gasteiger partial charge in [0.2, 0.25) is 0 Å². The zero-order chi connectivity index (χ0) is 15.6. The van der Waals surface area contributed by atoms with Crippen LogP contribution in [0.3, 0.4) is 0 Å². The number of aryl methyl sites for hydroxylation is 2. The number of rotatable bonds is 5. The topological polar surface area (TPSA) is 53.4 Å². The number of nitrogens with zero attached hydrogens (tertiary/aromatic N) is 2. The van der Waals surface area contributed by atoms with Crippen molar-refractivity contribution in [3.05, 3.63) is 39.1 Å². The highest BCUT2D eigenvalue weighted by atomic mass is 35.5. The first-order valence-electron chi connectivity index (χ1n) is 6.11. The van der Waals surface area contributed by atoms with Gasteiger partial charge in [0.15, 0.2) is 11.5 Å². The molecule has 0 aliphatic carbocycles. The van der Waals surface area contributed by atoms with Crippen molar-refractivity contribution in [3.8, 4) is 11.5 Å². The molecule has 0 spiro atoms. The second kappa shape index (κ2) is 6.37. The summed E-state index contributed by atoms with van der Waals surface area (Å²) in [5.41, 5.74) is 1.97. The van der Waals surface area contributed by atoms with Gasteiger partial charge in [-0.25, -0.2) is 0 Å². The monoisotopic (exact) mass is 328 g/mol. The average molecular weight is 329 g/mol.